The fraction of sp³-hybridized carbons (Fsp3) is 0.368. The van der Waals surface area contributed by atoms with Gasteiger partial charge < -0.3 is 4.90 Å². The number of carbonyl (C=O) groups excluding carboxylic acids is 1. The van der Waals surface area contributed by atoms with Crippen LogP contribution in [0.2, 0.25) is 0 Å². The van der Waals surface area contributed by atoms with Gasteiger partial charge in [-0.3, -0.25) is 9.78 Å². The number of carbonyl (C=O) groups is 1. The highest BCUT2D eigenvalue weighted by molar-refractivity contribution is 5.93. The number of anilines is 1. The van der Waals surface area contributed by atoms with Crippen molar-refractivity contribution >= 4 is 11.6 Å². The molecule has 0 spiro atoms. The minimum absolute atomic E-state index is 0.156. The minimum Gasteiger partial charge on any atom is -0.308 e. The van der Waals surface area contributed by atoms with Crippen LogP contribution in [0.4, 0.5) is 5.69 Å². The molecular formula is C19H24N2O. The standard InChI is InChI=1S/C19H24N2O/c1-14(2)8-19(22)21(13-17-6-5-7-20-12-17)18-10-15(3)9-16(4)11-18/h5-7,9-12,14H,8,13H2,1-4H3. The van der Waals surface area contributed by atoms with Crippen molar-refractivity contribution in [3.8, 4) is 0 Å². The second-order valence-corrected chi connectivity index (χ2v) is 6.29. The second-order valence-electron chi connectivity index (χ2n) is 6.29. The van der Waals surface area contributed by atoms with Crippen molar-refractivity contribution in [3.63, 3.8) is 0 Å². The van der Waals surface area contributed by atoms with E-state index in [1.165, 1.54) is 11.1 Å². The van der Waals surface area contributed by atoms with Gasteiger partial charge >= 0.3 is 0 Å². The molecule has 0 N–H and O–H groups in total. The molecule has 0 fully saturated rings. The molecule has 0 saturated carbocycles. The first-order valence-electron chi connectivity index (χ1n) is 7.73. The first kappa shape index (κ1) is 16.2. The Labute approximate surface area is 133 Å². The van der Waals surface area contributed by atoms with Crippen LogP contribution in [-0.2, 0) is 11.3 Å². The molecule has 0 bridgehead atoms. The molecule has 3 nitrogen and oxygen atoms in total. The van der Waals surface area contributed by atoms with Crippen LogP contribution in [0.25, 0.3) is 0 Å². The van der Waals surface area contributed by atoms with E-state index in [1.807, 2.05) is 23.2 Å². The van der Waals surface area contributed by atoms with E-state index in [1.54, 1.807) is 6.20 Å². The lowest BCUT2D eigenvalue weighted by Gasteiger charge is -2.24. The number of amides is 1. The van der Waals surface area contributed by atoms with Crippen LogP contribution in [0, 0.1) is 19.8 Å². The number of hydrogen-bond acceptors (Lipinski definition) is 2. The van der Waals surface area contributed by atoms with Crippen LogP contribution in [0.3, 0.4) is 0 Å². The zero-order valence-corrected chi connectivity index (χ0v) is 13.8. The van der Waals surface area contributed by atoms with E-state index >= 15 is 0 Å². The quantitative estimate of drug-likeness (QED) is 0.825. The Balaban J connectivity index is 2.34. The molecule has 1 heterocycles. The van der Waals surface area contributed by atoms with Crippen molar-refractivity contribution in [1.82, 2.24) is 4.98 Å². The van der Waals surface area contributed by atoms with E-state index in [0.717, 1.165) is 11.3 Å². The maximum atomic E-state index is 12.7. The molecule has 1 aromatic heterocycles. The minimum atomic E-state index is 0.156. The number of rotatable bonds is 5. The van der Waals surface area contributed by atoms with Gasteiger partial charge in [-0.2, -0.15) is 0 Å². The highest BCUT2D eigenvalue weighted by Crippen LogP contribution is 2.22. The predicted molar refractivity (Wildman–Crippen MR) is 90.8 cm³/mol. The average molecular weight is 296 g/mol. The van der Waals surface area contributed by atoms with Gasteiger partial charge in [0.05, 0.1) is 6.54 Å². The third-order valence-corrected chi connectivity index (χ3v) is 3.47. The Bertz CT molecular complexity index is 615. The lowest BCUT2D eigenvalue weighted by Crippen LogP contribution is -2.31. The van der Waals surface area contributed by atoms with Crippen LogP contribution in [0.1, 0.15) is 37.0 Å². The SMILES string of the molecule is Cc1cc(C)cc(N(Cc2cccnc2)C(=O)CC(C)C)c1. The zero-order valence-electron chi connectivity index (χ0n) is 13.8. The van der Waals surface area contributed by atoms with E-state index in [9.17, 15) is 4.79 Å². The molecular weight excluding hydrogens is 272 g/mol. The van der Waals surface area contributed by atoms with Crippen molar-refractivity contribution in [2.75, 3.05) is 4.90 Å². The van der Waals surface area contributed by atoms with E-state index < -0.39 is 0 Å². The molecule has 1 amide bonds. The summed E-state index contributed by atoms with van der Waals surface area (Å²) in [5.41, 5.74) is 4.35. The van der Waals surface area contributed by atoms with E-state index in [0.29, 0.717) is 18.9 Å². The Kier molecular flexibility index (Phi) is 5.31. The molecule has 0 aliphatic carbocycles. The summed E-state index contributed by atoms with van der Waals surface area (Å²) in [6.45, 7) is 8.82. The lowest BCUT2D eigenvalue weighted by molar-refractivity contribution is -0.119. The topological polar surface area (TPSA) is 33.2 Å². The fourth-order valence-corrected chi connectivity index (χ4v) is 2.56. The molecule has 2 aromatic rings. The number of aromatic nitrogens is 1. The molecule has 0 aliphatic heterocycles. The second kappa shape index (κ2) is 7.21. The Morgan fingerprint density at radius 1 is 1.18 bits per heavy atom. The number of aryl methyl sites for hydroxylation is 2. The molecule has 22 heavy (non-hydrogen) atoms. The zero-order chi connectivity index (χ0) is 16.1. The van der Waals surface area contributed by atoms with Crippen LogP contribution in [0.15, 0.2) is 42.7 Å². The van der Waals surface area contributed by atoms with Crippen molar-refractivity contribution in [1.29, 1.82) is 0 Å². The fourth-order valence-electron chi connectivity index (χ4n) is 2.56. The van der Waals surface area contributed by atoms with Gasteiger partial charge in [-0.1, -0.05) is 26.0 Å². The summed E-state index contributed by atoms with van der Waals surface area (Å²) in [5, 5.41) is 0. The summed E-state index contributed by atoms with van der Waals surface area (Å²) in [6.07, 6.45) is 4.12. The van der Waals surface area contributed by atoms with Crippen molar-refractivity contribution < 1.29 is 4.79 Å². The van der Waals surface area contributed by atoms with Gasteiger partial charge in [0.1, 0.15) is 0 Å². The molecule has 2 rings (SSSR count). The van der Waals surface area contributed by atoms with Gasteiger partial charge in [0.2, 0.25) is 5.91 Å². The summed E-state index contributed by atoms with van der Waals surface area (Å²) in [5.74, 6) is 0.499. The van der Waals surface area contributed by atoms with Crippen molar-refractivity contribution in [2.24, 2.45) is 5.92 Å². The van der Waals surface area contributed by atoms with Crippen LogP contribution in [-0.4, -0.2) is 10.9 Å². The molecule has 0 aliphatic rings. The molecule has 0 radical (unpaired) electrons. The third-order valence-electron chi connectivity index (χ3n) is 3.47. The predicted octanol–water partition coefficient (Wildman–Crippen LogP) is 4.28. The third kappa shape index (κ3) is 4.42. The Hall–Kier alpha value is -2.16. The van der Waals surface area contributed by atoms with Crippen molar-refractivity contribution in [3.05, 3.63) is 59.4 Å². The molecule has 116 valence electrons. The van der Waals surface area contributed by atoms with Gasteiger partial charge in [-0.15, -0.1) is 0 Å². The molecule has 0 atom stereocenters. The Morgan fingerprint density at radius 3 is 2.41 bits per heavy atom. The normalized spacial score (nSPS) is 10.8. The maximum absolute atomic E-state index is 12.7. The van der Waals surface area contributed by atoms with Crippen LogP contribution >= 0.6 is 0 Å². The van der Waals surface area contributed by atoms with Crippen LogP contribution in [0.5, 0.6) is 0 Å². The smallest absolute Gasteiger partial charge is 0.227 e. The summed E-state index contributed by atoms with van der Waals surface area (Å²) < 4.78 is 0. The van der Waals surface area contributed by atoms with E-state index in [-0.39, 0.29) is 5.91 Å². The van der Waals surface area contributed by atoms with Gasteiger partial charge in [0.25, 0.3) is 0 Å². The molecule has 1 aromatic carbocycles. The van der Waals surface area contributed by atoms with Gasteiger partial charge in [0, 0.05) is 24.5 Å². The highest BCUT2D eigenvalue weighted by atomic mass is 16.2. The number of hydrogen-bond donors (Lipinski definition) is 0. The summed E-state index contributed by atoms with van der Waals surface area (Å²) >= 11 is 0. The summed E-state index contributed by atoms with van der Waals surface area (Å²) in [4.78, 5) is 18.7. The summed E-state index contributed by atoms with van der Waals surface area (Å²) in [7, 11) is 0. The maximum Gasteiger partial charge on any atom is 0.227 e. The monoisotopic (exact) mass is 296 g/mol. The Morgan fingerprint density at radius 2 is 1.86 bits per heavy atom. The van der Waals surface area contributed by atoms with Gasteiger partial charge in [0.15, 0.2) is 0 Å². The van der Waals surface area contributed by atoms with E-state index in [4.69, 9.17) is 0 Å². The van der Waals surface area contributed by atoms with Crippen LogP contribution < -0.4 is 4.90 Å². The van der Waals surface area contributed by atoms with E-state index in [2.05, 4.69) is 50.9 Å². The van der Waals surface area contributed by atoms with Gasteiger partial charge in [-0.25, -0.2) is 0 Å². The lowest BCUT2D eigenvalue weighted by atomic mass is 10.1. The molecule has 3 heteroatoms. The first-order valence-corrected chi connectivity index (χ1v) is 7.73. The number of pyridine rings is 1. The number of nitrogens with zero attached hydrogens (tertiary/aromatic N) is 2. The summed E-state index contributed by atoms with van der Waals surface area (Å²) in [6, 6.07) is 10.2. The largest absolute Gasteiger partial charge is 0.308 e. The first-order chi connectivity index (χ1) is 10.5. The molecule has 0 saturated heterocycles. The number of benzene rings is 1. The van der Waals surface area contributed by atoms with Crippen molar-refractivity contribution in [2.45, 2.75) is 40.7 Å². The molecule has 0 unspecified atom stereocenters. The average Bonchev–Trinajstić information content (AvgIpc) is 2.44. The highest BCUT2D eigenvalue weighted by Gasteiger charge is 2.18. The van der Waals surface area contributed by atoms with Gasteiger partial charge in [-0.05, 0) is 54.7 Å².